The van der Waals surface area contributed by atoms with Crippen LogP contribution in [-0.4, -0.2) is 35.8 Å². The highest BCUT2D eigenvalue weighted by Gasteiger charge is 2.34. The fraction of sp³-hybridized carbons (Fsp3) is 0.467. The molecule has 8 heteroatoms. The second kappa shape index (κ2) is 6.55. The predicted molar refractivity (Wildman–Crippen MR) is 74.1 cm³/mol. The van der Waals surface area contributed by atoms with Gasteiger partial charge in [-0.3, -0.25) is 9.59 Å². The van der Waals surface area contributed by atoms with E-state index < -0.39 is 23.5 Å². The van der Waals surface area contributed by atoms with Crippen molar-refractivity contribution in [1.29, 1.82) is 0 Å². The Balaban J connectivity index is 2.14. The van der Waals surface area contributed by atoms with Gasteiger partial charge in [0.25, 0.3) is 5.91 Å². The third kappa shape index (κ3) is 4.20. The summed E-state index contributed by atoms with van der Waals surface area (Å²) < 4.78 is 51.2. The van der Waals surface area contributed by atoms with E-state index in [9.17, 15) is 27.2 Å². The van der Waals surface area contributed by atoms with E-state index in [4.69, 9.17) is 0 Å². The highest BCUT2D eigenvalue weighted by Crippen LogP contribution is 2.31. The lowest BCUT2D eigenvalue weighted by atomic mass is 10.0. The van der Waals surface area contributed by atoms with E-state index in [0.717, 1.165) is 6.07 Å². The SMILES string of the molecule is CC(=O)NC1CCCN(C(=O)c2ccc(C(F)(F)F)c(F)c2)C1. The second-order valence-electron chi connectivity index (χ2n) is 5.48. The van der Waals surface area contributed by atoms with E-state index in [1.54, 1.807) is 0 Å². The summed E-state index contributed by atoms with van der Waals surface area (Å²) in [4.78, 5) is 24.8. The molecule has 1 fully saturated rings. The van der Waals surface area contributed by atoms with Gasteiger partial charge in [0.1, 0.15) is 5.82 Å². The smallest absolute Gasteiger partial charge is 0.352 e. The fourth-order valence-electron chi connectivity index (χ4n) is 2.63. The Morgan fingerprint density at radius 3 is 2.57 bits per heavy atom. The Bertz CT molecular complexity index is 616. The van der Waals surface area contributed by atoms with Crippen LogP contribution in [0.4, 0.5) is 17.6 Å². The molecule has 0 radical (unpaired) electrons. The van der Waals surface area contributed by atoms with Crippen LogP contribution in [0.15, 0.2) is 18.2 Å². The highest BCUT2D eigenvalue weighted by atomic mass is 19.4. The van der Waals surface area contributed by atoms with Crippen LogP contribution >= 0.6 is 0 Å². The van der Waals surface area contributed by atoms with Crippen molar-refractivity contribution in [3.8, 4) is 0 Å². The highest BCUT2D eigenvalue weighted by molar-refractivity contribution is 5.94. The third-order valence-corrected chi connectivity index (χ3v) is 3.64. The van der Waals surface area contributed by atoms with Crippen molar-refractivity contribution < 1.29 is 27.2 Å². The number of likely N-dealkylation sites (tertiary alicyclic amines) is 1. The first-order valence-corrected chi connectivity index (χ1v) is 7.11. The summed E-state index contributed by atoms with van der Waals surface area (Å²) in [6.45, 7) is 2.03. The first-order valence-electron chi connectivity index (χ1n) is 7.11. The van der Waals surface area contributed by atoms with Crippen LogP contribution in [0, 0.1) is 5.82 Å². The Hall–Kier alpha value is -2.12. The van der Waals surface area contributed by atoms with Gasteiger partial charge in [-0.2, -0.15) is 13.2 Å². The molecule has 126 valence electrons. The number of carbonyl (C=O) groups is 2. The molecule has 1 aromatic rings. The monoisotopic (exact) mass is 332 g/mol. The van der Waals surface area contributed by atoms with Crippen molar-refractivity contribution in [2.45, 2.75) is 32.0 Å². The standard InChI is InChI=1S/C15H16F4N2O2/c1-9(22)20-11-3-2-6-21(8-11)14(23)10-4-5-12(13(16)7-10)15(17,18)19/h4-5,7,11H,2-3,6,8H2,1H3,(H,20,22). The molecule has 1 aliphatic rings. The number of amides is 2. The number of piperidine rings is 1. The number of hydrogen-bond donors (Lipinski definition) is 1. The molecule has 0 saturated carbocycles. The first-order chi connectivity index (χ1) is 10.7. The number of alkyl halides is 3. The molecular weight excluding hydrogens is 316 g/mol. The van der Waals surface area contributed by atoms with Crippen molar-refractivity contribution in [1.82, 2.24) is 10.2 Å². The summed E-state index contributed by atoms with van der Waals surface area (Å²) in [6, 6.07) is 1.94. The zero-order valence-corrected chi connectivity index (χ0v) is 12.4. The third-order valence-electron chi connectivity index (χ3n) is 3.64. The fourth-order valence-corrected chi connectivity index (χ4v) is 2.63. The van der Waals surface area contributed by atoms with Crippen molar-refractivity contribution >= 4 is 11.8 Å². The molecule has 23 heavy (non-hydrogen) atoms. The molecule has 1 unspecified atom stereocenters. The molecule has 1 aliphatic heterocycles. The van der Waals surface area contributed by atoms with E-state index in [-0.39, 0.29) is 24.1 Å². The zero-order chi connectivity index (χ0) is 17.2. The summed E-state index contributed by atoms with van der Waals surface area (Å²) in [7, 11) is 0. The van der Waals surface area contributed by atoms with Crippen molar-refractivity contribution in [2.24, 2.45) is 0 Å². The summed E-state index contributed by atoms with van der Waals surface area (Å²) in [6.07, 6.45) is -3.43. The Morgan fingerprint density at radius 2 is 2.00 bits per heavy atom. The number of nitrogens with zero attached hydrogens (tertiary/aromatic N) is 1. The van der Waals surface area contributed by atoms with Gasteiger partial charge in [-0.05, 0) is 31.0 Å². The second-order valence-corrected chi connectivity index (χ2v) is 5.48. The molecule has 0 spiro atoms. The lowest BCUT2D eigenvalue weighted by Crippen LogP contribution is -2.49. The lowest BCUT2D eigenvalue weighted by molar-refractivity contribution is -0.140. The number of hydrogen-bond acceptors (Lipinski definition) is 2. The molecule has 4 nitrogen and oxygen atoms in total. The number of carbonyl (C=O) groups excluding carboxylic acids is 2. The molecule has 1 saturated heterocycles. The molecule has 2 rings (SSSR count). The van der Waals surface area contributed by atoms with E-state index in [1.165, 1.54) is 11.8 Å². The number of benzene rings is 1. The minimum atomic E-state index is -4.80. The molecule has 2 amide bonds. The minimum Gasteiger partial charge on any atom is -0.352 e. The van der Waals surface area contributed by atoms with Gasteiger partial charge < -0.3 is 10.2 Å². The molecule has 0 aromatic heterocycles. The van der Waals surface area contributed by atoms with Gasteiger partial charge in [-0.1, -0.05) is 0 Å². The van der Waals surface area contributed by atoms with E-state index in [2.05, 4.69) is 5.32 Å². The number of rotatable bonds is 2. The van der Waals surface area contributed by atoms with Gasteiger partial charge >= 0.3 is 6.18 Å². The van der Waals surface area contributed by atoms with Crippen molar-refractivity contribution in [3.05, 3.63) is 35.1 Å². The maximum atomic E-state index is 13.6. The summed E-state index contributed by atoms with van der Waals surface area (Å²) in [5.74, 6) is -2.24. The van der Waals surface area contributed by atoms with E-state index in [1.807, 2.05) is 0 Å². The van der Waals surface area contributed by atoms with E-state index >= 15 is 0 Å². The minimum absolute atomic E-state index is 0.140. The molecule has 0 bridgehead atoms. The average Bonchev–Trinajstić information content (AvgIpc) is 2.44. The maximum absolute atomic E-state index is 13.6. The quantitative estimate of drug-likeness (QED) is 0.847. The Morgan fingerprint density at radius 1 is 1.30 bits per heavy atom. The largest absolute Gasteiger partial charge is 0.419 e. The van der Waals surface area contributed by atoms with Gasteiger partial charge in [-0.25, -0.2) is 4.39 Å². The normalized spacial score (nSPS) is 18.7. The Labute approximate surface area is 130 Å². The first kappa shape index (κ1) is 17.2. The molecule has 1 N–H and O–H groups in total. The molecule has 1 heterocycles. The predicted octanol–water partition coefficient (Wildman–Crippen LogP) is 2.59. The molecular formula is C15H16F4N2O2. The van der Waals surface area contributed by atoms with Crippen molar-refractivity contribution in [3.63, 3.8) is 0 Å². The van der Waals surface area contributed by atoms with Crippen molar-refractivity contribution in [2.75, 3.05) is 13.1 Å². The topological polar surface area (TPSA) is 49.4 Å². The molecule has 0 aliphatic carbocycles. The maximum Gasteiger partial charge on any atom is 0.419 e. The number of nitrogens with one attached hydrogen (secondary N) is 1. The van der Waals surface area contributed by atoms with Gasteiger partial charge in [-0.15, -0.1) is 0 Å². The van der Waals surface area contributed by atoms with Crippen LogP contribution in [-0.2, 0) is 11.0 Å². The van der Waals surface area contributed by atoms with Crippen LogP contribution in [0.5, 0.6) is 0 Å². The van der Waals surface area contributed by atoms with Crippen LogP contribution in [0.1, 0.15) is 35.7 Å². The van der Waals surface area contributed by atoms with Crippen LogP contribution in [0.3, 0.4) is 0 Å². The lowest BCUT2D eigenvalue weighted by Gasteiger charge is -2.33. The summed E-state index contributed by atoms with van der Waals surface area (Å²) in [5, 5.41) is 2.70. The van der Waals surface area contributed by atoms with Gasteiger partial charge in [0.05, 0.1) is 5.56 Å². The van der Waals surface area contributed by atoms with Gasteiger partial charge in [0.15, 0.2) is 0 Å². The summed E-state index contributed by atoms with van der Waals surface area (Å²) in [5.41, 5.74) is -1.54. The van der Waals surface area contributed by atoms with Crippen LogP contribution in [0.2, 0.25) is 0 Å². The van der Waals surface area contributed by atoms with Crippen LogP contribution in [0.25, 0.3) is 0 Å². The van der Waals surface area contributed by atoms with Gasteiger partial charge in [0.2, 0.25) is 5.91 Å². The average molecular weight is 332 g/mol. The number of halogens is 4. The zero-order valence-electron chi connectivity index (χ0n) is 12.4. The van der Waals surface area contributed by atoms with Crippen LogP contribution < -0.4 is 5.32 Å². The van der Waals surface area contributed by atoms with Gasteiger partial charge in [0, 0.05) is 31.6 Å². The molecule has 1 aromatic carbocycles. The van der Waals surface area contributed by atoms with E-state index in [0.29, 0.717) is 31.5 Å². The Kier molecular flexibility index (Phi) is 4.91. The summed E-state index contributed by atoms with van der Waals surface area (Å²) >= 11 is 0. The molecule has 1 atom stereocenters.